The van der Waals surface area contributed by atoms with Crippen LogP contribution in [-0.4, -0.2) is 6.10 Å². The predicted octanol–water partition coefficient (Wildman–Crippen LogP) is 4.62. The van der Waals surface area contributed by atoms with Gasteiger partial charge >= 0.3 is 0 Å². The van der Waals surface area contributed by atoms with E-state index in [1.54, 1.807) is 6.07 Å². The molecule has 1 unspecified atom stereocenters. The van der Waals surface area contributed by atoms with Crippen molar-refractivity contribution in [1.29, 1.82) is 0 Å². The summed E-state index contributed by atoms with van der Waals surface area (Å²) in [6.45, 7) is 3.98. The molecule has 1 atom stereocenters. The Morgan fingerprint density at radius 3 is 2.62 bits per heavy atom. The van der Waals surface area contributed by atoms with Crippen LogP contribution in [0.25, 0.3) is 0 Å². The maximum atomic E-state index is 13.1. The molecular weight excluding hydrogens is 333 g/mol. The first-order chi connectivity index (χ1) is 9.95. The molecule has 2 rings (SSSR count). The number of nitrogens with two attached hydrogens (primary N) is 1. The molecule has 0 saturated heterocycles. The molecule has 0 aliphatic heterocycles. The Bertz CT molecular complexity index is 615. The third kappa shape index (κ3) is 4.55. The minimum Gasteiger partial charge on any atom is -0.491 e. The third-order valence-electron chi connectivity index (χ3n) is 3.11. The molecule has 21 heavy (non-hydrogen) atoms. The van der Waals surface area contributed by atoms with Crippen molar-refractivity contribution in [3.05, 3.63) is 63.9 Å². The van der Waals surface area contributed by atoms with Crippen LogP contribution in [0, 0.1) is 5.82 Å². The van der Waals surface area contributed by atoms with Gasteiger partial charge in [0.05, 0.1) is 6.10 Å². The van der Waals surface area contributed by atoms with Gasteiger partial charge in [-0.3, -0.25) is 0 Å². The van der Waals surface area contributed by atoms with Crippen molar-refractivity contribution in [1.82, 2.24) is 0 Å². The minimum atomic E-state index is -0.258. The molecule has 0 aliphatic rings. The van der Waals surface area contributed by atoms with Gasteiger partial charge in [0.15, 0.2) is 0 Å². The van der Waals surface area contributed by atoms with E-state index in [4.69, 9.17) is 10.5 Å². The molecule has 0 bridgehead atoms. The second kappa shape index (κ2) is 7.05. The molecule has 0 heterocycles. The Morgan fingerprint density at radius 1 is 1.19 bits per heavy atom. The van der Waals surface area contributed by atoms with Gasteiger partial charge in [-0.05, 0) is 55.7 Å². The number of rotatable bonds is 5. The second-order valence-corrected chi connectivity index (χ2v) is 6.14. The summed E-state index contributed by atoms with van der Waals surface area (Å²) in [5.41, 5.74) is 8.25. The van der Waals surface area contributed by atoms with Gasteiger partial charge in [0, 0.05) is 10.5 Å². The Kier molecular flexibility index (Phi) is 5.37. The number of hydrogen-bond donors (Lipinski definition) is 1. The van der Waals surface area contributed by atoms with Crippen LogP contribution >= 0.6 is 15.9 Å². The van der Waals surface area contributed by atoms with Crippen molar-refractivity contribution in [3.63, 3.8) is 0 Å². The summed E-state index contributed by atoms with van der Waals surface area (Å²) in [5, 5.41) is 0. The van der Waals surface area contributed by atoms with Crippen LogP contribution in [0.5, 0.6) is 5.75 Å². The zero-order chi connectivity index (χ0) is 15.4. The van der Waals surface area contributed by atoms with Crippen LogP contribution in [0.15, 0.2) is 46.9 Å². The van der Waals surface area contributed by atoms with E-state index in [1.165, 1.54) is 12.1 Å². The zero-order valence-corrected chi connectivity index (χ0v) is 13.7. The minimum absolute atomic E-state index is 0.128. The third-order valence-corrected chi connectivity index (χ3v) is 3.85. The SMILES string of the molecule is CC(C)Oc1cccc(C(N)Cc2ccc(F)cc2Br)c1. The summed E-state index contributed by atoms with van der Waals surface area (Å²) in [7, 11) is 0. The molecule has 2 aromatic carbocycles. The lowest BCUT2D eigenvalue weighted by atomic mass is 9.99. The Balaban J connectivity index is 2.14. The fourth-order valence-electron chi connectivity index (χ4n) is 2.13. The summed E-state index contributed by atoms with van der Waals surface area (Å²) in [4.78, 5) is 0. The highest BCUT2D eigenvalue weighted by molar-refractivity contribution is 9.10. The van der Waals surface area contributed by atoms with Gasteiger partial charge in [-0.15, -0.1) is 0 Å². The van der Waals surface area contributed by atoms with E-state index in [9.17, 15) is 4.39 Å². The molecule has 112 valence electrons. The van der Waals surface area contributed by atoms with Crippen LogP contribution in [0.3, 0.4) is 0 Å². The molecule has 0 amide bonds. The molecule has 0 saturated carbocycles. The molecule has 4 heteroatoms. The Morgan fingerprint density at radius 2 is 1.95 bits per heavy atom. The fourth-order valence-corrected chi connectivity index (χ4v) is 2.65. The van der Waals surface area contributed by atoms with Crippen LogP contribution in [0.2, 0.25) is 0 Å². The largest absolute Gasteiger partial charge is 0.491 e. The van der Waals surface area contributed by atoms with Crippen LogP contribution < -0.4 is 10.5 Å². The number of hydrogen-bond acceptors (Lipinski definition) is 2. The molecule has 0 spiro atoms. The first-order valence-corrected chi connectivity index (χ1v) is 7.71. The first-order valence-electron chi connectivity index (χ1n) is 6.92. The van der Waals surface area contributed by atoms with Crippen LogP contribution in [0.4, 0.5) is 4.39 Å². The quantitative estimate of drug-likeness (QED) is 0.852. The summed E-state index contributed by atoms with van der Waals surface area (Å²) in [5.74, 6) is 0.558. The van der Waals surface area contributed by atoms with E-state index in [1.807, 2.05) is 38.1 Å². The molecule has 0 aromatic heterocycles. The summed E-state index contributed by atoms with van der Waals surface area (Å²) >= 11 is 3.38. The van der Waals surface area contributed by atoms with Crippen molar-refractivity contribution >= 4 is 15.9 Å². The Hall–Kier alpha value is -1.39. The molecule has 0 fully saturated rings. The number of ether oxygens (including phenoxy) is 1. The average Bonchev–Trinajstić information content (AvgIpc) is 2.41. The highest BCUT2D eigenvalue weighted by Crippen LogP contribution is 2.25. The van der Waals surface area contributed by atoms with Crippen molar-refractivity contribution in [2.24, 2.45) is 5.73 Å². The maximum absolute atomic E-state index is 13.1. The highest BCUT2D eigenvalue weighted by Gasteiger charge is 2.11. The molecule has 2 N–H and O–H groups in total. The van der Waals surface area contributed by atoms with Gasteiger partial charge in [-0.25, -0.2) is 4.39 Å². The number of halogens is 2. The lowest BCUT2D eigenvalue weighted by molar-refractivity contribution is 0.242. The van der Waals surface area contributed by atoms with Crippen LogP contribution in [0.1, 0.15) is 31.0 Å². The van der Waals surface area contributed by atoms with Gasteiger partial charge in [0.2, 0.25) is 0 Å². The fraction of sp³-hybridized carbons (Fsp3) is 0.294. The molecule has 0 radical (unpaired) electrons. The summed E-state index contributed by atoms with van der Waals surface area (Å²) in [6, 6.07) is 12.3. The van der Waals surface area contributed by atoms with Crippen molar-refractivity contribution in [3.8, 4) is 5.75 Å². The van der Waals surface area contributed by atoms with E-state index in [-0.39, 0.29) is 18.0 Å². The van der Waals surface area contributed by atoms with E-state index in [0.717, 1.165) is 21.3 Å². The summed E-state index contributed by atoms with van der Waals surface area (Å²) in [6.07, 6.45) is 0.758. The molecular formula is C17H19BrFNO. The van der Waals surface area contributed by atoms with Gasteiger partial charge < -0.3 is 10.5 Å². The maximum Gasteiger partial charge on any atom is 0.124 e. The smallest absolute Gasteiger partial charge is 0.124 e. The molecule has 0 aliphatic carbocycles. The molecule has 2 nitrogen and oxygen atoms in total. The first kappa shape index (κ1) is 16.0. The van der Waals surface area contributed by atoms with Gasteiger partial charge in [-0.1, -0.05) is 34.1 Å². The second-order valence-electron chi connectivity index (χ2n) is 5.29. The molecule has 2 aromatic rings. The lowest BCUT2D eigenvalue weighted by Gasteiger charge is -2.16. The van der Waals surface area contributed by atoms with Gasteiger partial charge in [0.1, 0.15) is 11.6 Å². The standard InChI is InChI=1S/C17H19BrFNO/c1-11(2)21-15-5-3-4-13(8-15)17(20)9-12-6-7-14(19)10-16(12)18/h3-8,10-11,17H,9,20H2,1-2H3. The van der Waals surface area contributed by atoms with Gasteiger partial charge in [-0.2, -0.15) is 0 Å². The number of benzene rings is 2. The average molecular weight is 352 g/mol. The normalized spacial score (nSPS) is 12.5. The lowest BCUT2D eigenvalue weighted by Crippen LogP contribution is -2.14. The van der Waals surface area contributed by atoms with Crippen molar-refractivity contribution in [2.45, 2.75) is 32.4 Å². The van der Waals surface area contributed by atoms with Crippen molar-refractivity contribution < 1.29 is 9.13 Å². The van der Waals surface area contributed by atoms with Gasteiger partial charge in [0.25, 0.3) is 0 Å². The highest BCUT2D eigenvalue weighted by atomic mass is 79.9. The van der Waals surface area contributed by atoms with E-state index >= 15 is 0 Å². The van der Waals surface area contributed by atoms with E-state index in [0.29, 0.717) is 6.42 Å². The predicted molar refractivity (Wildman–Crippen MR) is 86.9 cm³/mol. The summed E-state index contributed by atoms with van der Waals surface area (Å²) < 4.78 is 19.5. The van der Waals surface area contributed by atoms with E-state index < -0.39 is 0 Å². The zero-order valence-electron chi connectivity index (χ0n) is 12.1. The van der Waals surface area contributed by atoms with Crippen LogP contribution in [-0.2, 0) is 6.42 Å². The Labute approximate surface area is 133 Å². The monoisotopic (exact) mass is 351 g/mol. The van der Waals surface area contributed by atoms with E-state index in [2.05, 4.69) is 15.9 Å². The van der Waals surface area contributed by atoms with Crippen molar-refractivity contribution in [2.75, 3.05) is 0 Å². The topological polar surface area (TPSA) is 35.2 Å².